The van der Waals surface area contributed by atoms with E-state index in [4.69, 9.17) is 21.6 Å². The normalized spacial score (nSPS) is 10.9. The van der Waals surface area contributed by atoms with Crippen LogP contribution in [0, 0.1) is 0 Å². The van der Waals surface area contributed by atoms with E-state index in [0.717, 1.165) is 13.9 Å². The first-order valence-electron chi connectivity index (χ1n) is 3.83. The molecule has 1 aromatic carbocycles. The highest BCUT2D eigenvalue weighted by Gasteiger charge is 2.20. The highest BCUT2D eigenvalue weighted by atomic mass is 79.9. The van der Waals surface area contributed by atoms with Gasteiger partial charge in [-0.2, -0.15) is 0 Å². The SMILES string of the molecule is OB(O)c1c(Br)sc2cc(Cl)ccc12. The van der Waals surface area contributed by atoms with Gasteiger partial charge in [-0.15, -0.1) is 11.3 Å². The third-order valence-electron chi connectivity index (χ3n) is 1.90. The van der Waals surface area contributed by atoms with Crippen molar-refractivity contribution in [3.8, 4) is 0 Å². The average Bonchev–Trinajstić information content (AvgIpc) is 2.39. The number of rotatable bonds is 1. The largest absolute Gasteiger partial charge is 0.491 e. The molecule has 2 aromatic rings. The summed E-state index contributed by atoms with van der Waals surface area (Å²) in [5, 5.41) is 19.8. The van der Waals surface area contributed by atoms with Gasteiger partial charge in [-0.25, -0.2) is 0 Å². The summed E-state index contributed by atoms with van der Waals surface area (Å²) >= 11 is 10.5. The van der Waals surface area contributed by atoms with E-state index in [0.29, 0.717) is 10.5 Å². The Bertz CT molecular complexity index is 485. The van der Waals surface area contributed by atoms with Gasteiger partial charge in [0.15, 0.2) is 0 Å². The van der Waals surface area contributed by atoms with Gasteiger partial charge >= 0.3 is 7.12 Å². The molecule has 14 heavy (non-hydrogen) atoms. The second kappa shape index (κ2) is 3.83. The molecular formula is C8H5BBrClO2S. The maximum absolute atomic E-state index is 9.16. The summed E-state index contributed by atoms with van der Waals surface area (Å²) in [6, 6.07) is 5.32. The summed E-state index contributed by atoms with van der Waals surface area (Å²) in [5.74, 6) is 0. The van der Waals surface area contributed by atoms with E-state index < -0.39 is 7.12 Å². The molecule has 0 saturated carbocycles. The minimum Gasteiger partial charge on any atom is -0.423 e. The molecule has 2 N–H and O–H groups in total. The molecule has 72 valence electrons. The van der Waals surface area contributed by atoms with Crippen LogP contribution >= 0.6 is 38.9 Å². The third-order valence-corrected chi connectivity index (χ3v) is 4.01. The standard InChI is InChI=1S/C8H5BBrClO2S/c10-8-7(9(12)13)5-2-1-4(11)3-6(5)14-8/h1-3,12-13H. The third kappa shape index (κ3) is 1.70. The van der Waals surface area contributed by atoms with Crippen molar-refractivity contribution < 1.29 is 10.0 Å². The van der Waals surface area contributed by atoms with Gasteiger partial charge in [0.1, 0.15) is 0 Å². The minimum absolute atomic E-state index is 0.502. The fourth-order valence-corrected chi connectivity index (χ4v) is 3.47. The fraction of sp³-hybridized carbons (Fsp3) is 0. The van der Waals surface area contributed by atoms with Gasteiger partial charge in [0.2, 0.25) is 0 Å². The zero-order chi connectivity index (χ0) is 10.3. The Kier molecular flexibility index (Phi) is 2.86. The number of benzene rings is 1. The summed E-state index contributed by atoms with van der Waals surface area (Å²) in [4.78, 5) is 0. The molecule has 6 heteroatoms. The summed E-state index contributed by atoms with van der Waals surface area (Å²) in [6.07, 6.45) is 0. The molecule has 0 fully saturated rings. The molecule has 0 bridgehead atoms. The van der Waals surface area contributed by atoms with Gasteiger partial charge in [-0.05, 0) is 33.4 Å². The Morgan fingerprint density at radius 1 is 1.36 bits per heavy atom. The van der Waals surface area contributed by atoms with E-state index in [2.05, 4.69) is 15.9 Å². The molecule has 0 spiro atoms. The predicted octanol–water partition coefficient (Wildman–Crippen LogP) is 2.00. The monoisotopic (exact) mass is 290 g/mol. The van der Waals surface area contributed by atoms with Crippen LogP contribution in [-0.2, 0) is 0 Å². The second-order valence-corrected chi connectivity index (χ2v) is 5.61. The topological polar surface area (TPSA) is 40.5 Å². The van der Waals surface area contributed by atoms with Crippen molar-refractivity contribution in [1.29, 1.82) is 0 Å². The molecule has 0 aliphatic heterocycles. The molecule has 0 saturated heterocycles. The van der Waals surface area contributed by atoms with Gasteiger partial charge in [0.05, 0.1) is 3.79 Å². The van der Waals surface area contributed by atoms with Gasteiger partial charge in [-0.1, -0.05) is 17.7 Å². The Hall–Kier alpha value is -0.0651. The van der Waals surface area contributed by atoms with Gasteiger partial charge in [0.25, 0.3) is 0 Å². The van der Waals surface area contributed by atoms with Crippen LogP contribution in [0.2, 0.25) is 5.02 Å². The van der Waals surface area contributed by atoms with Crippen LogP contribution in [0.25, 0.3) is 10.1 Å². The van der Waals surface area contributed by atoms with Gasteiger partial charge < -0.3 is 10.0 Å². The number of thiophene rings is 1. The molecule has 0 aliphatic rings. The molecule has 0 amide bonds. The lowest BCUT2D eigenvalue weighted by Crippen LogP contribution is -2.29. The Balaban J connectivity index is 2.77. The first-order valence-corrected chi connectivity index (χ1v) is 5.82. The van der Waals surface area contributed by atoms with Crippen LogP contribution in [0.3, 0.4) is 0 Å². The predicted molar refractivity (Wildman–Crippen MR) is 64.4 cm³/mol. The highest BCUT2D eigenvalue weighted by molar-refractivity contribution is 9.11. The van der Waals surface area contributed by atoms with E-state index >= 15 is 0 Å². The van der Waals surface area contributed by atoms with E-state index in [1.54, 1.807) is 18.2 Å². The minimum atomic E-state index is -1.46. The number of fused-ring (bicyclic) bond motifs is 1. The maximum atomic E-state index is 9.16. The lowest BCUT2D eigenvalue weighted by Gasteiger charge is -1.97. The van der Waals surface area contributed by atoms with Crippen molar-refractivity contribution in [2.75, 3.05) is 0 Å². The molecule has 0 aliphatic carbocycles. The quantitative estimate of drug-likeness (QED) is 0.789. The second-order valence-electron chi connectivity index (χ2n) is 2.80. The zero-order valence-corrected chi connectivity index (χ0v) is 10.0. The molecule has 2 rings (SSSR count). The lowest BCUT2D eigenvalue weighted by molar-refractivity contribution is 0.426. The van der Waals surface area contributed by atoms with Gasteiger partial charge in [0, 0.05) is 15.2 Å². The Labute approximate surface area is 98.4 Å². The van der Waals surface area contributed by atoms with Crippen LogP contribution in [0.4, 0.5) is 0 Å². The maximum Gasteiger partial charge on any atom is 0.491 e. The fourth-order valence-electron chi connectivity index (χ4n) is 1.30. The molecule has 0 atom stereocenters. The number of hydrogen-bond acceptors (Lipinski definition) is 3. The molecular weight excluding hydrogens is 286 g/mol. The molecule has 0 unspecified atom stereocenters. The average molecular weight is 291 g/mol. The molecule has 2 nitrogen and oxygen atoms in total. The summed E-state index contributed by atoms with van der Waals surface area (Å²) in [5.41, 5.74) is 0.502. The number of halogens is 2. The van der Waals surface area contributed by atoms with Crippen molar-refractivity contribution in [3.63, 3.8) is 0 Å². The first kappa shape index (κ1) is 10.5. The van der Waals surface area contributed by atoms with E-state index in [1.165, 1.54) is 11.3 Å². The van der Waals surface area contributed by atoms with Crippen LogP contribution in [0.15, 0.2) is 22.0 Å². The Morgan fingerprint density at radius 2 is 2.07 bits per heavy atom. The summed E-state index contributed by atoms with van der Waals surface area (Å²) in [7, 11) is -1.46. The number of hydrogen-bond donors (Lipinski definition) is 2. The van der Waals surface area contributed by atoms with Gasteiger partial charge in [-0.3, -0.25) is 0 Å². The first-order chi connectivity index (χ1) is 6.59. The van der Waals surface area contributed by atoms with Crippen LogP contribution in [0.5, 0.6) is 0 Å². The van der Waals surface area contributed by atoms with E-state index in [9.17, 15) is 0 Å². The van der Waals surface area contributed by atoms with Crippen LogP contribution in [-0.4, -0.2) is 17.2 Å². The summed E-state index contributed by atoms with van der Waals surface area (Å²) in [6.45, 7) is 0. The van der Waals surface area contributed by atoms with Crippen molar-refractivity contribution in [2.24, 2.45) is 0 Å². The molecule has 0 radical (unpaired) electrons. The van der Waals surface area contributed by atoms with Crippen molar-refractivity contribution in [1.82, 2.24) is 0 Å². The van der Waals surface area contributed by atoms with Crippen molar-refractivity contribution in [2.45, 2.75) is 0 Å². The summed E-state index contributed by atoms with van der Waals surface area (Å²) < 4.78 is 1.66. The zero-order valence-electron chi connectivity index (χ0n) is 6.87. The van der Waals surface area contributed by atoms with Crippen LogP contribution < -0.4 is 5.46 Å². The molecule has 1 aromatic heterocycles. The smallest absolute Gasteiger partial charge is 0.423 e. The molecule has 1 heterocycles. The van der Waals surface area contributed by atoms with Crippen molar-refractivity contribution in [3.05, 3.63) is 27.0 Å². The van der Waals surface area contributed by atoms with Crippen molar-refractivity contribution >= 4 is 61.5 Å². The highest BCUT2D eigenvalue weighted by Crippen LogP contribution is 2.29. The lowest BCUT2D eigenvalue weighted by atomic mass is 9.80. The van der Waals surface area contributed by atoms with E-state index in [1.807, 2.05) is 0 Å². The van der Waals surface area contributed by atoms with E-state index in [-0.39, 0.29) is 0 Å². The van der Waals surface area contributed by atoms with Crippen LogP contribution in [0.1, 0.15) is 0 Å². The Morgan fingerprint density at radius 3 is 2.71 bits per heavy atom.